The molecule has 3 fully saturated rings. The average molecular weight is 540 g/mol. The maximum atomic E-state index is 15.1. The van der Waals surface area contributed by atoms with Crippen LogP contribution in [0, 0.1) is 5.92 Å². The smallest absolute Gasteiger partial charge is 0.228 e. The van der Waals surface area contributed by atoms with E-state index in [0.29, 0.717) is 12.1 Å². The number of nitrogens with one attached hydrogen (secondary N) is 1. The van der Waals surface area contributed by atoms with E-state index in [4.69, 9.17) is 0 Å². The lowest BCUT2D eigenvalue weighted by Gasteiger charge is -2.48. The number of hydrogen-bond donors (Lipinski definition) is 1. The number of carbonyl (C=O) groups is 2. The summed E-state index contributed by atoms with van der Waals surface area (Å²) in [5.41, 5.74) is 0.797. The average Bonchev–Trinajstić information content (AvgIpc) is 3.00. The first-order valence-corrected chi connectivity index (χ1v) is 15.8. The summed E-state index contributed by atoms with van der Waals surface area (Å²) < 4.78 is 0. The number of rotatable bonds is 6. The second kappa shape index (κ2) is 12.0. The van der Waals surface area contributed by atoms with Crippen molar-refractivity contribution in [1.82, 2.24) is 15.1 Å². The molecular formula is C35H45N3O2. The molecule has 0 bridgehead atoms. The van der Waals surface area contributed by atoms with Crippen LogP contribution in [0.25, 0.3) is 21.5 Å². The molecule has 212 valence electrons. The number of hydrogen-bond acceptors (Lipinski definition) is 4. The van der Waals surface area contributed by atoms with E-state index in [1.165, 1.54) is 19.3 Å². The molecule has 0 aromatic heterocycles. The summed E-state index contributed by atoms with van der Waals surface area (Å²) in [5.74, 6) is 0.0403. The summed E-state index contributed by atoms with van der Waals surface area (Å²) in [6.07, 6.45) is 9.62. The summed E-state index contributed by atoms with van der Waals surface area (Å²) in [6, 6.07) is 19.1. The highest BCUT2D eigenvalue weighted by Gasteiger charge is 2.46. The van der Waals surface area contributed by atoms with E-state index in [9.17, 15) is 4.79 Å². The van der Waals surface area contributed by atoms with Crippen LogP contribution >= 0.6 is 0 Å². The Kier molecular flexibility index (Phi) is 8.22. The van der Waals surface area contributed by atoms with Gasteiger partial charge in [-0.15, -0.1) is 0 Å². The number of carbonyl (C=O) groups excluding carboxylic acids is 2. The minimum absolute atomic E-state index is 0.136. The van der Waals surface area contributed by atoms with Gasteiger partial charge in [-0.1, -0.05) is 67.8 Å². The zero-order valence-electron chi connectivity index (χ0n) is 24.3. The Morgan fingerprint density at radius 1 is 0.825 bits per heavy atom. The van der Waals surface area contributed by atoms with Crippen LogP contribution in [0.4, 0.5) is 0 Å². The Morgan fingerprint density at radius 2 is 1.45 bits per heavy atom. The molecule has 6 rings (SSSR count). The SMILES string of the molecule is CC(C)N(C(=O)C1CCCN(C2CCNCC2)C1C(=O)c1c2ccccc2cc2ccccc12)C1CCCCC1. The maximum Gasteiger partial charge on any atom is 0.228 e. The van der Waals surface area contributed by atoms with Crippen molar-refractivity contribution in [3.8, 4) is 0 Å². The Hall–Kier alpha value is -2.76. The fourth-order valence-electron chi connectivity index (χ4n) is 8.00. The van der Waals surface area contributed by atoms with Crippen molar-refractivity contribution in [2.24, 2.45) is 5.92 Å². The highest BCUT2D eigenvalue weighted by atomic mass is 16.2. The molecule has 3 aromatic rings. The molecule has 2 saturated heterocycles. The molecule has 2 heterocycles. The molecule has 1 saturated carbocycles. The number of nitrogens with zero attached hydrogens (tertiary/aromatic N) is 2. The van der Waals surface area contributed by atoms with E-state index in [2.05, 4.69) is 59.3 Å². The van der Waals surface area contributed by atoms with Crippen LogP contribution in [0.2, 0.25) is 0 Å². The highest BCUT2D eigenvalue weighted by molar-refractivity contribution is 6.21. The number of Topliss-reactive ketones (excluding diaryl/α,β-unsaturated/α-hetero) is 1. The number of fused-ring (bicyclic) bond motifs is 2. The second-order valence-electron chi connectivity index (χ2n) is 12.6. The standard InChI is InChI=1S/C35H45N3O2/c1-24(2)38(28-13-4-3-5-14-28)35(40)31-17-10-22-37(27-18-20-36-21-19-27)33(31)34(39)32-29-15-8-6-11-25(29)23-26-12-7-9-16-30(26)32/h6-9,11-12,15-16,23-24,27-28,31,33,36H,3-5,10,13-14,17-22H2,1-2H3. The second-order valence-corrected chi connectivity index (χ2v) is 12.6. The van der Waals surface area contributed by atoms with Gasteiger partial charge >= 0.3 is 0 Å². The van der Waals surface area contributed by atoms with E-state index in [1.54, 1.807) is 0 Å². The van der Waals surface area contributed by atoms with Crippen LogP contribution < -0.4 is 5.32 Å². The van der Waals surface area contributed by atoms with Gasteiger partial charge in [0, 0.05) is 23.7 Å². The zero-order chi connectivity index (χ0) is 27.6. The Morgan fingerprint density at radius 3 is 2.08 bits per heavy atom. The number of piperidine rings is 2. The van der Waals surface area contributed by atoms with Crippen molar-refractivity contribution in [2.45, 2.75) is 95.8 Å². The lowest BCUT2D eigenvalue weighted by Crippen LogP contribution is -2.61. The summed E-state index contributed by atoms with van der Waals surface area (Å²) in [6.45, 7) is 7.15. The van der Waals surface area contributed by atoms with Gasteiger partial charge in [0.05, 0.1) is 12.0 Å². The molecule has 1 N–H and O–H groups in total. The molecule has 0 spiro atoms. The Bertz CT molecular complexity index is 1300. The molecule has 5 heteroatoms. The minimum atomic E-state index is -0.427. The van der Waals surface area contributed by atoms with Crippen molar-refractivity contribution >= 4 is 33.2 Å². The third-order valence-corrected chi connectivity index (χ3v) is 9.83. The third-order valence-electron chi connectivity index (χ3n) is 9.83. The monoisotopic (exact) mass is 539 g/mol. The summed E-state index contributed by atoms with van der Waals surface area (Å²) >= 11 is 0. The van der Waals surface area contributed by atoms with Gasteiger partial charge in [-0.05, 0) is 99.6 Å². The number of likely N-dealkylation sites (tertiary alicyclic amines) is 1. The first kappa shape index (κ1) is 27.4. The largest absolute Gasteiger partial charge is 0.337 e. The van der Waals surface area contributed by atoms with E-state index in [1.807, 2.05) is 24.3 Å². The van der Waals surface area contributed by atoms with Crippen LogP contribution in [0.1, 0.15) is 82.0 Å². The molecule has 1 amide bonds. The first-order chi connectivity index (χ1) is 19.5. The van der Waals surface area contributed by atoms with Gasteiger partial charge < -0.3 is 10.2 Å². The summed E-state index contributed by atoms with van der Waals surface area (Å²) in [7, 11) is 0. The van der Waals surface area contributed by atoms with Gasteiger partial charge in [0.2, 0.25) is 5.91 Å². The van der Waals surface area contributed by atoms with Crippen LogP contribution in [-0.2, 0) is 4.79 Å². The molecule has 40 heavy (non-hydrogen) atoms. The van der Waals surface area contributed by atoms with Gasteiger partial charge in [-0.2, -0.15) is 0 Å². The minimum Gasteiger partial charge on any atom is -0.337 e. The molecule has 5 nitrogen and oxygen atoms in total. The predicted octanol–water partition coefficient (Wildman–Crippen LogP) is 6.58. The molecule has 2 aliphatic heterocycles. The molecule has 2 unspecified atom stereocenters. The van der Waals surface area contributed by atoms with Crippen molar-refractivity contribution in [3.63, 3.8) is 0 Å². The lowest BCUT2D eigenvalue weighted by molar-refractivity contribution is -0.144. The normalized spacial score (nSPS) is 23.6. The van der Waals surface area contributed by atoms with E-state index in [0.717, 1.165) is 85.3 Å². The number of amides is 1. The number of benzene rings is 3. The van der Waals surface area contributed by atoms with Crippen LogP contribution in [0.15, 0.2) is 54.6 Å². The van der Waals surface area contributed by atoms with Gasteiger partial charge in [0.1, 0.15) is 0 Å². The van der Waals surface area contributed by atoms with Gasteiger partial charge in [-0.25, -0.2) is 0 Å². The van der Waals surface area contributed by atoms with Gasteiger partial charge in [0.15, 0.2) is 5.78 Å². The van der Waals surface area contributed by atoms with Crippen molar-refractivity contribution < 1.29 is 9.59 Å². The summed E-state index contributed by atoms with van der Waals surface area (Å²) in [4.78, 5) is 34.5. The van der Waals surface area contributed by atoms with Crippen molar-refractivity contribution in [1.29, 1.82) is 0 Å². The Labute approximate surface area is 239 Å². The van der Waals surface area contributed by atoms with Crippen molar-refractivity contribution in [3.05, 3.63) is 60.2 Å². The Balaban J connectivity index is 1.47. The highest BCUT2D eigenvalue weighted by Crippen LogP contribution is 2.37. The lowest BCUT2D eigenvalue weighted by atomic mass is 9.79. The molecule has 3 aromatic carbocycles. The van der Waals surface area contributed by atoms with E-state index < -0.39 is 6.04 Å². The molecule has 0 radical (unpaired) electrons. The van der Waals surface area contributed by atoms with Gasteiger partial charge in [0.25, 0.3) is 0 Å². The third kappa shape index (κ3) is 5.19. The quantitative estimate of drug-likeness (QED) is 0.284. The van der Waals surface area contributed by atoms with Crippen molar-refractivity contribution in [2.75, 3.05) is 19.6 Å². The number of ketones is 1. The molecule has 3 aliphatic rings. The van der Waals surface area contributed by atoms with Crippen LogP contribution in [-0.4, -0.2) is 65.3 Å². The van der Waals surface area contributed by atoms with E-state index in [-0.39, 0.29) is 23.7 Å². The van der Waals surface area contributed by atoms with Gasteiger partial charge in [-0.3, -0.25) is 14.5 Å². The fraction of sp³-hybridized carbons (Fsp3) is 0.543. The fourth-order valence-corrected chi connectivity index (χ4v) is 8.00. The summed E-state index contributed by atoms with van der Waals surface area (Å²) in [5, 5.41) is 7.68. The van der Waals surface area contributed by atoms with E-state index >= 15 is 4.79 Å². The molecule has 1 aliphatic carbocycles. The predicted molar refractivity (Wildman–Crippen MR) is 164 cm³/mol. The molecular weight excluding hydrogens is 494 g/mol. The first-order valence-electron chi connectivity index (χ1n) is 15.8. The zero-order valence-corrected chi connectivity index (χ0v) is 24.3. The van der Waals surface area contributed by atoms with Crippen LogP contribution in [0.3, 0.4) is 0 Å². The topological polar surface area (TPSA) is 52.7 Å². The van der Waals surface area contributed by atoms with Crippen LogP contribution in [0.5, 0.6) is 0 Å². The molecule has 2 atom stereocenters. The maximum absolute atomic E-state index is 15.1.